The van der Waals surface area contributed by atoms with Crippen molar-refractivity contribution < 1.29 is 0 Å². The smallest absolute Gasteiger partial charge is 0.0220 e. The fraction of sp³-hybridized carbons (Fsp3) is 1.00. The number of likely N-dealkylation sites (tertiary alicyclic amines) is 1. The van der Waals surface area contributed by atoms with E-state index in [1.807, 2.05) is 0 Å². The Labute approximate surface area is 101 Å². The van der Waals surface area contributed by atoms with Gasteiger partial charge in [0.1, 0.15) is 0 Å². The third-order valence-electron chi connectivity index (χ3n) is 4.45. The van der Waals surface area contributed by atoms with E-state index in [2.05, 4.69) is 24.1 Å². The fourth-order valence-corrected chi connectivity index (χ4v) is 3.36. The predicted octanol–water partition coefficient (Wildman–Crippen LogP) is 2.50. The molecule has 2 aliphatic rings. The van der Waals surface area contributed by atoms with E-state index in [9.17, 15) is 0 Å². The molecular weight excluding hydrogens is 196 g/mol. The van der Waals surface area contributed by atoms with Crippen LogP contribution in [0, 0.1) is 11.8 Å². The van der Waals surface area contributed by atoms with Gasteiger partial charge in [-0.25, -0.2) is 0 Å². The summed E-state index contributed by atoms with van der Waals surface area (Å²) in [6, 6.07) is 0.758. The quantitative estimate of drug-likeness (QED) is 0.789. The van der Waals surface area contributed by atoms with E-state index in [4.69, 9.17) is 0 Å². The third kappa shape index (κ3) is 3.21. The molecule has 3 unspecified atom stereocenters. The lowest BCUT2D eigenvalue weighted by atomic mass is 9.92. The molecule has 2 saturated heterocycles. The van der Waals surface area contributed by atoms with Crippen molar-refractivity contribution in [1.82, 2.24) is 10.2 Å². The SMILES string of the molecule is CCCC1CCN(CC2NCCCC2C)C1. The Morgan fingerprint density at radius 1 is 1.31 bits per heavy atom. The van der Waals surface area contributed by atoms with Gasteiger partial charge in [-0.1, -0.05) is 20.3 Å². The van der Waals surface area contributed by atoms with Crippen molar-refractivity contribution in [2.24, 2.45) is 11.8 Å². The minimum absolute atomic E-state index is 0.758. The zero-order valence-corrected chi connectivity index (χ0v) is 11.0. The lowest BCUT2D eigenvalue weighted by molar-refractivity contribution is 0.211. The van der Waals surface area contributed by atoms with E-state index in [1.165, 1.54) is 58.3 Å². The van der Waals surface area contributed by atoms with Gasteiger partial charge in [-0.05, 0) is 50.6 Å². The highest BCUT2D eigenvalue weighted by atomic mass is 15.2. The largest absolute Gasteiger partial charge is 0.312 e. The van der Waals surface area contributed by atoms with Gasteiger partial charge < -0.3 is 10.2 Å². The number of nitrogens with one attached hydrogen (secondary N) is 1. The van der Waals surface area contributed by atoms with Gasteiger partial charge in [-0.2, -0.15) is 0 Å². The molecule has 0 amide bonds. The number of hydrogen-bond acceptors (Lipinski definition) is 2. The zero-order chi connectivity index (χ0) is 11.4. The molecular formula is C14H28N2. The average molecular weight is 224 g/mol. The summed E-state index contributed by atoms with van der Waals surface area (Å²) in [5.41, 5.74) is 0. The van der Waals surface area contributed by atoms with Gasteiger partial charge in [-0.3, -0.25) is 0 Å². The van der Waals surface area contributed by atoms with Crippen molar-refractivity contribution in [2.75, 3.05) is 26.2 Å². The molecule has 0 aromatic rings. The first-order chi connectivity index (χ1) is 7.79. The Hall–Kier alpha value is -0.0800. The normalized spacial score (nSPS) is 36.8. The molecule has 1 N–H and O–H groups in total. The highest BCUT2D eigenvalue weighted by molar-refractivity contribution is 4.84. The summed E-state index contributed by atoms with van der Waals surface area (Å²) in [6.45, 7) is 9.96. The molecule has 0 aromatic heterocycles. The van der Waals surface area contributed by atoms with E-state index < -0.39 is 0 Å². The first-order valence-corrected chi connectivity index (χ1v) is 7.25. The maximum Gasteiger partial charge on any atom is 0.0220 e. The van der Waals surface area contributed by atoms with Gasteiger partial charge in [0.05, 0.1) is 0 Å². The maximum absolute atomic E-state index is 3.70. The minimum atomic E-state index is 0.758. The van der Waals surface area contributed by atoms with Gasteiger partial charge >= 0.3 is 0 Å². The Morgan fingerprint density at radius 3 is 2.94 bits per heavy atom. The van der Waals surface area contributed by atoms with Crippen LogP contribution in [0.15, 0.2) is 0 Å². The molecule has 0 bridgehead atoms. The second-order valence-electron chi connectivity index (χ2n) is 5.88. The van der Waals surface area contributed by atoms with Crippen LogP contribution >= 0.6 is 0 Å². The minimum Gasteiger partial charge on any atom is -0.312 e. The molecule has 16 heavy (non-hydrogen) atoms. The number of nitrogens with zero attached hydrogens (tertiary/aromatic N) is 1. The Morgan fingerprint density at radius 2 is 2.19 bits per heavy atom. The van der Waals surface area contributed by atoms with Crippen LogP contribution in [0.25, 0.3) is 0 Å². The van der Waals surface area contributed by atoms with Crippen LogP contribution in [0.2, 0.25) is 0 Å². The molecule has 2 fully saturated rings. The molecule has 2 heterocycles. The summed E-state index contributed by atoms with van der Waals surface area (Å²) in [5.74, 6) is 1.86. The second-order valence-corrected chi connectivity index (χ2v) is 5.88. The first kappa shape index (κ1) is 12.4. The molecule has 3 atom stereocenters. The van der Waals surface area contributed by atoms with Gasteiger partial charge in [0.2, 0.25) is 0 Å². The van der Waals surface area contributed by atoms with Gasteiger partial charge in [-0.15, -0.1) is 0 Å². The lowest BCUT2D eigenvalue weighted by Gasteiger charge is -2.33. The number of hydrogen-bond donors (Lipinski definition) is 1. The van der Waals surface area contributed by atoms with E-state index >= 15 is 0 Å². The molecule has 0 spiro atoms. The van der Waals surface area contributed by atoms with Gasteiger partial charge in [0, 0.05) is 19.1 Å². The third-order valence-corrected chi connectivity index (χ3v) is 4.45. The highest BCUT2D eigenvalue weighted by Crippen LogP contribution is 2.23. The van der Waals surface area contributed by atoms with Gasteiger partial charge in [0.15, 0.2) is 0 Å². The molecule has 94 valence electrons. The van der Waals surface area contributed by atoms with Crippen molar-refractivity contribution in [1.29, 1.82) is 0 Å². The van der Waals surface area contributed by atoms with Crippen LogP contribution in [0.3, 0.4) is 0 Å². The topological polar surface area (TPSA) is 15.3 Å². The van der Waals surface area contributed by atoms with Crippen molar-refractivity contribution in [3.8, 4) is 0 Å². The molecule has 0 radical (unpaired) electrons. The van der Waals surface area contributed by atoms with Crippen LogP contribution in [-0.2, 0) is 0 Å². The molecule has 2 heteroatoms. The summed E-state index contributed by atoms with van der Waals surface area (Å²) in [6.07, 6.45) is 7.02. The van der Waals surface area contributed by atoms with E-state index in [0.29, 0.717) is 0 Å². The molecule has 2 rings (SSSR count). The molecule has 0 saturated carbocycles. The summed E-state index contributed by atoms with van der Waals surface area (Å²) < 4.78 is 0. The van der Waals surface area contributed by atoms with Crippen LogP contribution < -0.4 is 5.32 Å². The van der Waals surface area contributed by atoms with Crippen molar-refractivity contribution in [3.63, 3.8) is 0 Å². The Bertz CT molecular complexity index is 205. The standard InChI is InChI=1S/C14H28N2/c1-3-5-13-7-9-16(10-13)11-14-12(2)6-4-8-15-14/h12-15H,3-11H2,1-2H3. The van der Waals surface area contributed by atoms with Crippen LogP contribution in [0.1, 0.15) is 46.0 Å². The van der Waals surface area contributed by atoms with Crippen LogP contribution in [-0.4, -0.2) is 37.1 Å². The number of rotatable bonds is 4. The summed E-state index contributed by atoms with van der Waals surface area (Å²) >= 11 is 0. The summed E-state index contributed by atoms with van der Waals surface area (Å²) in [4.78, 5) is 2.69. The molecule has 0 aromatic carbocycles. The monoisotopic (exact) mass is 224 g/mol. The Kier molecular flexibility index (Phi) is 4.66. The van der Waals surface area contributed by atoms with Crippen molar-refractivity contribution in [3.05, 3.63) is 0 Å². The maximum atomic E-state index is 3.70. The molecule has 2 aliphatic heterocycles. The lowest BCUT2D eigenvalue weighted by Crippen LogP contribution is -2.47. The number of piperidine rings is 1. The van der Waals surface area contributed by atoms with E-state index in [1.54, 1.807) is 0 Å². The summed E-state index contributed by atoms with van der Waals surface area (Å²) in [7, 11) is 0. The molecule has 0 aliphatic carbocycles. The Balaban J connectivity index is 1.73. The van der Waals surface area contributed by atoms with E-state index in [-0.39, 0.29) is 0 Å². The van der Waals surface area contributed by atoms with Gasteiger partial charge in [0.25, 0.3) is 0 Å². The van der Waals surface area contributed by atoms with Crippen LogP contribution in [0.5, 0.6) is 0 Å². The summed E-state index contributed by atoms with van der Waals surface area (Å²) in [5, 5.41) is 3.70. The van der Waals surface area contributed by atoms with Crippen molar-refractivity contribution in [2.45, 2.75) is 52.0 Å². The predicted molar refractivity (Wildman–Crippen MR) is 69.6 cm³/mol. The first-order valence-electron chi connectivity index (χ1n) is 7.25. The van der Waals surface area contributed by atoms with Crippen LogP contribution in [0.4, 0.5) is 0 Å². The zero-order valence-electron chi connectivity index (χ0n) is 11.0. The van der Waals surface area contributed by atoms with Crippen molar-refractivity contribution >= 4 is 0 Å². The second kappa shape index (κ2) is 6.02. The average Bonchev–Trinajstić information content (AvgIpc) is 2.70. The van der Waals surface area contributed by atoms with E-state index in [0.717, 1.165) is 17.9 Å². The molecule has 2 nitrogen and oxygen atoms in total. The fourth-order valence-electron chi connectivity index (χ4n) is 3.36. The highest BCUT2D eigenvalue weighted by Gasteiger charge is 2.27.